The standard InChI is InChI=1S/C17H19N3S/c1-4-18-16-9-14(11(2)3)19-17(20-16)13-10-21-15-8-6-5-7-12(13)15/h5-11H,4H2,1-3H3,(H,18,19,20). The van der Waals surface area contributed by atoms with Gasteiger partial charge in [-0.2, -0.15) is 0 Å². The molecule has 0 amide bonds. The molecule has 0 aliphatic carbocycles. The summed E-state index contributed by atoms with van der Waals surface area (Å²) in [6, 6.07) is 10.5. The summed E-state index contributed by atoms with van der Waals surface area (Å²) in [4.78, 5) is 9.45. The van der Waals surface area contributed by atoms with E-state index in [0.29, 0.717) is 5.92 Å². The minimum Gasteiger partial charge on any atom is -0.370 e. The first-order valence-electron chi connectivity index (χ1n) is 7.28. The van der Waals surface area contributed by atoms with Gasteiger partial charge >= 0.3 is 0 Å². The molecular formula is C17H19N3S. The SMILES string of the molecule is CCNc1cc(C(C)C)nc(-c2csc3ccccc23)n1. The molecule has 3 aromatic rings. The normalized spacial score (nSPS) is 11.2. The molecule has 3 rings (SSSR count). The number of hydrogen-bond acceptors (Lipinski definition) is 4. The predicted molar refractivity (Wildman–Crippen MR) is 91.1 cm³/mol. The van der Waals surface area contributed by atoms with Crippen molar-refractivity contribution >= 4 is 27.2 Å². The molecule has 0 atom stereocenters. The Labute approximate surface area is 129 Å². The van der Waals surface area contributed by atoms with Gasteiger partial charge in [-0.15, -0.1) is 11.3 Å². The van der Waals surface area contributed by atoms with Crippen molar-refractivity contribution in [3.63, 3.8) is 0 Å². The van der Waals surface area contributed by atoms with Gasteiger partial charge in [-0.3, -0.25) is 0 Å². The largest absolute Gasteiger partial charge is 0.370 e. The Morgan fingerprint density at radius 1 is 1.19 bits per heavy atom. The third-order valence-corrected chi connectivity index (χ3v) is 4.38. The summed E-state index contributed by atoms with van der Waals surface area (Å²) in [5.41, 5.74) is 2.20. The second-order valence-electron chi connectivity index (χ2n) is 5.33. The van der Waals surface area contributed by atoms with Crippen LogP contribution in [-0.2, 0) is 0 Å². The van der Waals surface area contributed by atoms with Crippen molar-refractivity contribution in [3.8, 4) is 11.4 Å². The summed E-state index contributed by atoms with van der Waals surface area (Å²) in [6.07, 6.45) is 0. The summed E-state index contributed by atoms with van der Waals surface area (Å²) in [5, 5.41) is 6.69. The van der Waals surface area contributed by atoms with Crippen LogP contribution in [0, 0.1) is 0 Å². The summed E-state index contributed by atoms with van der Waals surface area (Å²) in [5.74, 6) is 2.10. The van der Waals surface area contributed by atoms with E-state index < -0.39 is 0 Å². The molecule has 1 N–H and O–H groups in total. The second-order valence-corrected chi connectivity index (χ2v) is 6.24. The molecule has 0 saturated carbocycles. The number of thiophene rings is 1. The first kappa shape index (κ1) is 14.0. The van der Waals surface area contributed by atoms with Crippen LogP contribution in [0.2, 0.25) is 0 Å². The Morgan fingerprint density at radius 2 is 2.00 bits per heavy atom. The fourth-order valence-electron chi connectivity index (χ4n) is 2.30. The third-order valence-electron chi connectivity index (χ3n) is 3.42. The minimum absolute atomic E-state index is 0.383. The number of nitrogens with one attached hydrogen (secondary N) is 1. The van der Waals surface area contributed by atoms with Crippen LogP contribution in [-0.4, -0.2) is 16.5 Å². The number of benzene rings is 1. The van der Waals surface area contributed by atoms with Crippen LogP contribution in [0.4, 0.5) is 5.82 Å². The lowest BCUT2D eigenvalue weighted by Gasteiger charge is -2.10. The van der Waals surface area contributed by atoms with E-state index in [1.54, 1.807) is 11.3 Å². The van der Waals surface area contributed by atoms with E-state index in [2.05, 4.69) is 60.7 Å². The van der Waals surface area contributed by atoms with Gasteiger partial charge in [0.15, 0.2) is 5.82 Å². The van der Waals surface area contributed by atoms with Gasteiger partial charge in [-0.05, 0) is 18.9 Å². The molecule has 0 radical (unpaired) electrons. The van der Waals surface area contributed by atoms with Crippen LogP contribution in [0.3, 0.4) is 0 Å². The first-order valence-corrected chi connectivity index (χ1v) is 8.16. The van der Waals surface area contributed by atoms with E-state index in [4.69, 9.17) is 4.98 Å². The molecule has 108 valence electrons. The fourth-order valence-corrected chi connectivity index (χ4v) is 3.24. The highest BCUT2D eigenvalue weighted by molar-refractivity contribution is 7.17. The molecule has 3 nitrogen and oxygen atoms in total. The van der Waals surface area contributed by atoms with Gasteiger partial charge in [0, 0.05) is 39.3 Å². The highest BCUT2D eigenvalue weighted by Gasteiger charge is 2.12. The zero-order valence-electron chi connectivity index (χ0n) is 12.6. The van der Waals surface area contributed by atoms with Gasteiger partial charge in [-0.1, -0.05) is 32.0 Å². The van der Waals surface area contributed by atoms with Crippen LogP contribution >= 0.6 is 11.3 Å². The van der Waals surface area contributed by atoms with Crippen molar-refractivity contribution in [2.45, 2.75) is 26.7 Å². The van der Waals surface area contributed by atoms with E-state index in [9.17, 15) is 0 Å². The molecule has 0 fully saturated rings. The van der Waals surface area contributed by atoms with Crippen molar-refractivity contribution in [1.29, 1.82) is 0 Å². The van der Waals surface area contributed by atoms with Gasteiger partial charge < -0.3 is 5.32 Å². The van der Waals surface area contributed by atoms with Crippen molar-refractivity contribution < 1.29 is 0 Å². The van der Waals surface area contributed by atoms with Gasteiger partial charge in [0.25, 0.3) is 0 Å². The lowest BCUT2D eigenvalue weighted by molar-refractivity contribution is 0.817. The summed E-state index contributed by atoms with van der Waals surface area (Å²) in [7, 11) is 0. The molecule has 4 heteroatoms. The number of hydrogen-bond donors (Lipinski definition) is 1. The van der Waals surface area contributed by atoms with Crippen LogP contribution < -0.4 is 5.32 Å². The number of aromatic nitrogens is 2. The molecular weight excluding hydrogens is 278 g/mol. The molecule has 1 aromatic carbocycles. The monoisotopic (exact) mass is 297 g/mol. The van der Waals surface area contributed by atoms with Crippen molar-refractivity contribution in [2.24, 2.45) is 0 Å². The molecule has 0 saturated heterocycles. The van der Waals surface area contributed by atoms with Crippen molar-refractivity contribution in [2.75, 3.05) is 11.9 Å². The molecule has 0 aliphatic heterocycles. The maximum absolute atomic E-state index is 4.76. The van der Waals surface area contributed by atoms with E-state index in [1.807, 2.05) is 6.07 Å². The fraction of sp³-hybridized carbons (Fsp3) is 0.294. The Balaban J connectivity index is 2.16. The van der Waals surface area contributed by atoms with E-state index in [1.165, 1.54) is 10.1 Å². The number of fused-ring (bicyclic) bond motifs is 1. The second kappa shape index (κ2) is 5.82. The Bertz CT molecular complexity index is 762. The van der Waals surface area contributed by atoms with Crippen molar-refractivity contribution in [3.05, 3.63) is 41.4 Å². The Hall–Kier alpha value is -1.94. The van der Waals surface area contributed by atoms with Gasteiger partial charge in [0.2, 0.25) is 0 Å². The van der Waals surface area contributed by atoms with Crippen LogP contribution in [0.15, 0.2) is 35.7 Å². The topological polar surface area (TPSA) is 37.8 Å². The number of nitrogens with zero attached hydrogens (tertiary/aromatic N) is 2. The Morgan fingerprint density at radius 3 is 2.76 bits per heavy atom. The van der Waals surface area contributed by atoms with E-state index >= 15 is 0 Å². The maximum Gasteiger partial charge on any atom is 0.163 e. The first-order chi connectivity index (χ1) is 10.2. The van der Waals surface area contributed by atoms with Gasteiger partial charge in [0.1, 0.15) is 5.82 Å². The molecule has 2 aromatic heterocycles. The van der Waals surface area contributed by atoms with Gasteiger partial charge in [-0.25, -0.2) is 9.97 Å². The zero-order chi connectivity index (χ0) is 14.8. The number of rotatable bonds is 4. The van der Waals surface area contributed by atoms with E-state index in [0.717, 1.165) is 29.4 Å². The average molecular weight is 297 g/mol. The smallest absolute Gasteiger partial charge is 0.163 e. The summed E-state index contributed by atoms with van der Waals surface area (Å²) < 4.78 is 1.27. The molecule has 0 unspecified atom stereocenters. The predicted octanol–water partition coefficient (Wildman–Crippen LogP) is 4.91. The molecule has 21 heavy (non-hydrogen) atoms. The average Bonchev–Trinajstić information content (AvgIpc) is 2.91. The van der Waals surface area contributed by atoms with E-state index in [-0.39, 0.29) is 0 Å². The highest BCUT2D eigenvalue weighted by Crippen LogP contribution is 2.33. The summed E-state index contributed by atoms with van der Waals surface area (Å²) >= 11 is 1.74. The lowest BCUT2D eigenvalue weighted by Crippen LogP contribution is -2.04. The van der Waals surface area contributed by atoms with Crippen LogP contribution in [0.25, 0.3) is 21.5 Å². The zero-order valence-corrected chi connectivity index (χ0v) is 13.4. The molecule has 0 bridgehead atoms. The molecule has 0 aliphatic rings. The Kier molecular flexibility index (Phi) is 3.88. The highest BCUT2D eigenvalue weighted by atomic mass is 32.1. The molecule has 0 spiro atoms. The van der Waals surface area contributed by atoms with Crippen molar-refractivity contribution in [1.82, 2.24) is 9.97 Å². The van der Waals surface area contributed by atoms with Crippen LogP contribution in [0.5, 0.6) is 0 Å². The third kappa shape index (κ3) is 2.76. The quantitative estimate of drug-likeness (QED) is 0.743. The minimum atomic E-state index is 0.383. The lowest BCUT2D eigenvalue weighted by atomic mass is 10.1. The summed E-state index contributed by atoms with van der Waals surface area (Å²) in [6.45, 7) is 7.26. The molecule has 2 heterocycles. The maximum atomic E-state index is 4.76. The van der Waals surface area contributed by atoms with Crippen LogP contribution in [0.1, 0.15) is 32.4 Å². The number of anilines is 1. The van der Waals surface area contributed by atoms with Gasteiger partial charge in [0.05, 0.1) is 0 Å².